The number of benzene rings is 2. The highest BCUT2D eigenvalue weighted by Crippen LogP contribution is 2.33. The summed E-state index contributed by atoms with van der Waals surface area (Å²) >= 11 is 1.36. The lowest BCUT2D eigenvalue weighted by molar-refractivity contribution is -0.113. The van der Waals surface area contributed by atoms with Gasteiger partial charge < -0.3 is 10.3 Å². The summed E-state index contributed by atoms with van der Waals surface area (Å²) in [5, 5.41) is 18.0. The number of fused-ring (bicyclic) bond motifs is 1. The topological polar surface area (TPSA) is 93.4 Å². The van der Waals surface area contributed by atoms with Crippen LogP contribution in [0.25, 0.3) is 28.0 Å². The summed E-state index contributed by atoms with van der Waals surface area (Å²) in [6, 6.07) is 18.2. The zero-order valence-electron chi connectivity index (χ0n) is 19.2. The quantitative estimate of drug-likeness (QED) is 0.317. The van der Waals surface area contributed by atoms with Crippen molar-refractivity contribution in [3.8, 4) is 17.1 Å². The molecule has 0 saturated heterocycles. The number of rotatable bonds is 7. The van der Waals surface area contributed by atoms with Crippen LogP contribution in [0.5, 0.6) is 0 Å². The van der Waals surface area contributed by atoms with Gasteiger partial charge in [-0.05, 0) is 38.5 Å². The lowest BCUT2D eigenvalue weighted by Gasteiger charge is -2.13. The second-order valence-electron chi connectivity index (χ2n) is 8.27. The molecule has 2 N–H and O–H groups in total. The zero-order chi connectivity index (χ0) is 23.7. The molecule has 0 aliphatic heterocycles. The van der Waals surface area contributed by atoms with E-state index in [1.54, 1.807) is 16.9 Å². The van der Waals surface area contributed by atoms with Crippen molar-refractivity contribution in [2.24, 2.45) is 0 Å². The second-order valence-corrected chi connectivity index (χ2v) is 9.21. The lowest BCUT2D eigenvalue weighted by Crippen LogP contribution is -2.18. The van der Waals surface area contributed by atoms with E-state index in [2.05, 4.69) is 44.7 Å². The number of aromatic nitrogens is 6. The van der Waals surface area contributed by atoms with Gasteiger partial charge in [-0.3, -0.25) is 9.36 Å². The summed E-state index contributed by atoms with van der Waals surface area (Å²) in [4.78, 5) is 16.1. The number of aromatic amines is 1. The maximum atomic E-state index is 12.7. The standard InChI is InChI=1S/C25H25N7OS/c1-16(2)32-22(12-13-27-32)28-23(33)15-34-25-30-29-24(31(25)21-11-7-4-8-17(21)3)19-14-26-20-10-6-5-9-18(19)20/h4-14,16,26H,15H2,1-3H3,(H,28,33). The van der Waals surface area contributed by atoms with Crippen LogP contribution < -0.4 is 5.32 Å². The maximum absolute atomic E-state index is 12.7. The van der Waals surface area contributed by atoms with Gasteiger partial charge in [-0.1, -0.05) is 48.2 Å². The van der Waals surface area contributed by atoms with Crippen molar-refractivity contribution < 1.29 is 4.79 Å². The maximum Gasteiger partial charge on any atom is 0.235 e. The number of nitrogens with one attached hydrogen (secondary N) is 2. The summed E-state index contributed by atoms with van der Waals surface area (Å²) in [6.45, 7) is 6.10. The van der Waals surface area contributed by atoms with Gasteiger partial charge in [0.25, 0.3) is 0 Å². The molecule has 172 valence electrons. The number of aryl methyl sites for hydroxylation is 1. The van der Waals surface area contributed by atoms with Crippen LogP contribution in [0.3, 0.4) is 0 Å². The predicted molar refractivity (Wildman–Crippen MR) is 135 cm³/mol. The van der Waals surface area contributed by atoms with E-state index in [1.807, 2.05) is 61.0 Å². The number of hydrogen-bond donors (Lipinski definition) is 2. The molecule has 0 aliphatic rings. The van der Waals surface area contributed by atoms with E-state index in [9.17, 15) is 4.79 Å². The van der Waals surface area contributed by atoms with Gasteiger partial charge in [-0.2, -0.15) is 5.10 Å². The molecule has 3 heterocycles. The van der Waals surface area contributed by atoms with Crippen LogP contribution in [0.1, 0.15) is 25.5 Å². The summed E-state index contributed by atoms with van der Waals surface area (Å²) in [6.07, 6.45) is 3.64. The smallest absolute Gasteiger partial charge is 0.235 e. The van der Waals surface area contributed by atoms with E-state index in [0.717, 1.165) is 33.5 Å². The molecule has 34 heavy (non-hydrogen) atoms. The van der Waals surface area contributed by atoms with E-state index in [-0.39, 0.29) is 17.7 Å². The summed E-state index contributed by atoms with van der Waals surface area (Å²) in [5.41, 5.74) is 4.07. The Morgan fingerprint density at radius 3 is 2.71 bits per heavy atom. The van der Waals surface area contributed by atoms with Crippen molar-refractivity contribution in [1.82, 2.24) is 29.5 Å². The minimum absolute atomic E-state index is 0.125. The third kappa shape index (κ3) is 4.10. The van der Waals surface area contributed by atoms with Crippen LogP contribution >= 0.6 is 11.8 Å². The fraction of sp³-hybridized carbons (Fsp3) is 0.200. The van der Waals surface area contributed by atoms with Crippen molar-refractivity contribution in [3.05, 3.63) is 72.6 Å². The van der Waals surface area contributed by atoms with E-state index >= 15 is 0 Å². The molecule has 0 spiro atoms. The van der Waals surface area contributed by atoms with Gasteiger partial charge in [-0.25, -0.2) is 4.68 Å². The predicted octanol–water partition coefficient (Wildman–Crippen LogP) is 5.23. The molecule has 2 aromatic carbocycles. The molecule has 0 saturated carbocycles. The average Bonchev–Trinajstić information content (AvgIpc) is 3.56. The Morgan fingerprint density at radius 2 is 1.88 bits per heavy atom. The number of hydrogen-bond acceptors (Lipinski definition) is 5. The van der Waals surface area contributed by atoms with E-state index < -0.39 is 0 Å². The van der Waals surface area contributed by atoms with Gasteiger partial charge >= 0.3 is 0 Å². The fourth-order valence-corrected chi connectivity index (χ4v) is 4.70. The second kappa shape index (κ2) is 9.18. The molecule has 0 fully saturated rings. The van der Waals surface area contributed by atoms with Gasteiger partial charge in [0.05, 0.1) is 17.6 Å². The molecule has 3 aromatic heterocycles. The normalized spacial score (nSPS) is 11.4. The van der Waals surface area contributed by atoms with Crippen molar-refractivity contribution >= 4 is 34.4 Å². The Morgan fingerprint density at radius 1 is 1.09 bits per heavy atom. The molecule has 1 amide bonds. The molecule has 0 aliphatic carbocycles. The minimum atomic E-state index is -0.125. The molecule has 0 radical (unpaired) electrons. The number of carbonyl (C=O) groups excluding carboxylic acids is 1. The number of carbonyl (C=O) groups is 1. The first-order valence-electron chi connectivity index (χ1n) is 11.1. The molecule has 0 bridgehead atoms. The number of nitrogens with zero attached hydrogens (tertiary/aromatic N) is 5. The first-order chi connectivity index (χ1) is 16.5. The zero-order valence-corrected chi connectivity index (χ0v) is 20.0. The highest BCUT2D eigenvalue weighted by Gasteiger charge is 2.21. The Bertz CT molecular complexity index is 1460. The highest BCUT2D eigenvalue weighted by atomic mass is 32.2. The summed E-state index contributed by atoms with van der Waals surface area (Å²) < 4.78 is 3.81. The Balaban J connectivity index is 1.48. The first kappa shape index (κ1) is 22.0. The summed E-state index contributed by atoms with van der Waals surface area (Å²) in [5.74, 6) is 1.48. The molecule has 8 nitrogen and oxygen atoms in total. The Hall–Kier alpha value is -3.85. The van der Waals surface area contributed by atoms with E-state index in [1.165, 1.54) is 11.8 Å². The Kier molecular flexibility index (Phi) is 5.93. The van der Waals surface area contributed by atoms with Gasteiger partial charge in [0.15, 0.2) is 11.0 Å². The first-order valence-corrected chi connectivity index (χ1v) is 12.1. The SMILES string of the molecule is Cc1ccccc1-n1c(SCC(=O)Nc2ccnn2C(C)C)nnc1-c1c[nH]c2ccccc12. The molecular formula is C25H25N7OS. The van der Waals surface area contributed by atoms with E-state index in [4.69, 9.17) is 0 Å². The summed E-state index contributed by atoms with van der Waals surface area (Å²) in [7, 11) is 0. The van der Waals surface area contributed by atoms with Crippen LogP contribution in [-0.2, 0) is 4.79 Å². The lowest BCUT2D eigenvalue weighted by atomic mass is 10.1. The molecule has 5 aromatic rings. The third-order valence-corrected chi connectivity index (χ3v) is 6.51. The molecule has 0 atom stereocenters. The number of anilines is 1. The van der Waals surface area contributed by atoms with Crippen molar-refractivity contribution in [2.45, 2.75) is 32.0 Å². The number of thioether (sulfide) groups is 1. The molecular weight excluding hydrogens is 446 g/mol. The van der Waals surface area contributed by atoms with Crippen LogP contribution in [0.4, 0.5) is 5.82 Å². The van der Waals surface area contributed by atoms with Gasteiger partial charge in [0.1, 0.15) is 5.82 Å². The van der Waals surface area contributed by atoms with Crippen LogP contribution in [0, 0.1) is 6.92 Å². The molecule has 5 rings (SSSR count). The van der Waals surface area contributed by atoms with Gasteiger partial charge in [-0.15, -0.1) is 10.2 Å². The van der Waals surface area contributed by atoms with Crippen LogP contribution in [0.15, 0.2) is 72.1 Å². The van der Waals surface area contributed by atoms with Crippen molar-refractivity contribution in [3.63, 3.8) is 0 Å². The fourth-order valence-electron chi connectivity index (χ4n) is 3.96. The molecule has 0 unspecified atom stereocenters. The van der Waals surface area contributed by atoms with Crippen LogP contribution in [-0.4, -0.2) is 41.2 Å². The minimum Gasteiger partial charge on any atom is -0.360 e. The van der Waals surface area contributed by atoms with E-state index in [0.29, 0.717) is 11.0 Å². The highest BCUT2D eigenvalue weighted by molar-refractivity contribution is 7.99. The number of amides is 1. The van der Waals surface area contributed by atoms with Gasteiger partial charge in [0.2, 0.25) is 5.91 Å². The number of para-hydroxylation sites is 2. The Labute approximate surface area is 201 Å². The van der Waals surface area contributed by atoms with Gasteiger partial charge in [0, 0.05) is 34.8 Å². The van der Waals surface area contributed by atoms with Crippen molar-refractivity contribution in [2.75, 3.05) is 11.1 Å². The number of H-pyrrole nitrogens is 1. The van der Waals surface area contributed by atoms with Crippen molar-refractivity contribution in [1.29, 1.82) is 0 Å². The van der Waals surface area contributed by atoms with Crippen LogP contribution in [0.2, 0.25) is 0 Å². The average molecular weight is 472 g/mol. The largest absolute Gasteiger partial charge is 0.360 e. The monoisotopic (exact) mass is 471 g/mol. The third-order valence-electron chi connectivity index (χ3n) is 5.58. The molecule has 9 heteroatoms.